The molecule has 1 aromatic heterocycles. The van der Waals surface area contributed by atoms with Gasteiger partial charge in [0.1, 0.15) is 5.69 Å². The van der Waals surface area contributed by atoms with Crippen LogP contribution in [0, 0.1) is 0 Å². The Morgan fingerprint density at radius 2 is 2.13 bits per heavy atom. The molecule has 2 unspecified atom stereocenters. The minimum atomic E-state index is -0.312. The molecule has 1 aromatic rings. The van der Waals surface area contributed by atoms with Gasteiger partial charge in [0.2, 0.25) is 0 Å². The molecule has 0 spiro atoms. The number of rotatable bonds is 1. The molecule has 5 nitrogen and oxygen atoms in total. The summed E-state index contributed by atoms with van der Waals surface area (Å²) in [6.07, 6.45) is 2.21. The minimum Gasteiger partial charge on any atom is -0.326 e. The van der Waals surface area contributed by atoms with Crippen LogP contribution in [0.2, 0.25) is 0 Å². The van der Waals surface area contributed by atoms with E-state index in [1.54, 1.807) is 12.1 Å². The monoisotopic (exact) mass is 203 g/mol. The summed E-state index contributed by atoms with van der Waals surface area (Å²) in [6.45, 7) is 0. The lowest BCUT2D eigenvalue weighted by atomic mass is 10.2. The van der Waals surface area contributed by atoms with Gasteiger partial charge in [-0.1, -0.05) is 0 Å². The van der Waals surface area contributed by atoms with E-state index in [1.807, 2.05) is 0 Å². The molecule has 3 rings (SSSR count). The molecule has 2 N–H and O–H groups in total. The predicted octanol–water partition coefficient (Wildman–Crippen LogP) is -0.223. The Labute approximate surface area is 85.9 Å². The number of imide groups is 1. The maximum atomic E-state index is 11.8. The number of carbonyl (C=O) groups is 2. The molecular weight excluding hydrogens is 194 g/mol. The standard InChI is InChI=1S/C10H9N3O2/c11-6-4-7(6)13-9(14)5-2-1-3-12-8(5)10(13)15/h1-3,6-7H,4,11H2. The number of hydrogen-bond donors (Lipinski definition) is 1. The molecule has 76 valence electrons. The molecule has 0 bridgehead atoms. The summed E-state index contributed by atoms with van der Waals surface area (Å²) in [4.78, 5) is 28.8. The maximum absolute atomic E-state index is 11.8. The largest absolute Gasteiger partial charge is 0.326 e. The molecule has 0 radical (unpaired) electrons. The summed E-state index contributed by atoms with van der Waals surface area (Å²) in [7, 11) is 0. The number of aromatic nitrogens is 1. The quantitative estimate of drug-likeness (QED) is 0.640. The highest BCUT2D eigenvalue weighted by Gasteiger charge is 2.49. The Kier molecular flexibility index (Phi) is 1.50. The van der Waals surface area contributed by atoms with Crippen LogP contribution >= 0.6 is 0 Å². The van der Waals surface area contributed by atoms with Crippen molar-refractivity contribution in [2.45, 2.75) is 18.5 Å². The Hall–Kier alpha value is -1.75. The number of nitrogens with two attached hydrogens (primary N) is 1. The molecule has 1 aliphatic carbocycles. The molecule has 5 heteroatoms. The SMILES string of the molecule is NC1CC1N1C(=O)c2cccnc2C1=O. The molecule has 2 aliphatic rings. The highest BCUT2D eigenvalue weighted by molar-refractivity contribution is 6.20. The molecule has 2 atom stereocenters. The van der Waals surface area contributed by atoms with E-state index in [4.69, 9.17) is 5.73 Å². The van der Waals surface area contributed by atoms with Gasteiger partial charge in [0.15, 0.2) is 0 Å². The van der Waals surface area contributed by atoms with Crippen molar-refractivity contribution in [2.75, 3.05) is 0 Å². The molecule has 2 heterocycles. The predicted molar refractivity (Wildman–Crippen MR) is 51.1 cm³/mol. The second-order valence-corrected chi connectivity index (χ2v) is 3.85. The summed E-state index contributed by atoms with van der Waals surface area (Å²) in [5.41, 5.74) is 6.28. The number of carbonyl (C=O) groups excluding carboxylic acids is 2. The fraction of sp³-hybridized carbons (Fsp3) is 0.300. The van der Waals surface area contributed by atoms with E-state index in [-0.39, 0.29) is 29.6 Å². The van der Waals surface area contributed by atoms with E-state index in [2.05, 4.69) is 4.98 Å². The lowest BCUT2D eigenvalue weighted by Gasteiger charge is -2.11. The minimum absolute atomic E-state index is 0.0628. The fourth-order valence-electron chi connectivity index (χ4n) is 1.88. The second-order valence-electron chi connectivity index (χ2n) is 3.85. The number of pyridine rings is 1. The average molecular weight is 203 g/mol. The Balaban J connectivity index is 2.05. The van der Waals surface area contributed by atoms with E-state index in [0.29, 0.717) is 12.0 Å². The van der Waals surface area contributed by atoms with Gasteiger partial charge in [0.25, 0.3) is 11.8 Å². The van der Waals surface area contributed by atoms with Crippen molar-refractivity contribution < 1.29 is 9.59 Å². The topological polar surface area (TPSA) is 76.3 Å². The maximum Gasteiger partial charge on any atom is 0.280 e. The Morgan fingerprint density at radius 3 is 2.73 bits per heavy atom. The molecule has 15 heavy (non-hydrogen) atoms. The molecule has 1 aliphatic heterocycles. The van der Waals surface area contributed by atoms with Gasteiger partial charge in [-0.15, -0.1) is 0 Å². The van der Waals surface area contributed by atoms with E-state index >= 15 is 0 Å². The highest BCUT2D eigenvalue weighted by atomic mass is 16.2. The van der Waals surface area contributed by atoms with Gasteiger partial charge in [-0.05, 0) is 18.6 Å². The van der Waals surface area contributed by atoms with Crippen molar-refractivity contribution in [3.05, 3.63) is 29.6 Å². The zero-order chi connectivity index (χ0) is 10.6. The molecule has 1 fully saturated rings. The first-order valence-electron chi connectivity index (χ1n) is 4.78. The first kappa shape index (κ1) is 8.55. The zero-order valence-electron chi connectivity index (χ0n) is 7.88. The number of hydrogen-bond acceptors (Lipinski definition) is 4. The summed E-state index contributed by atoms with van der Waals surface area (Å²) >= 11 is 0. The van der Waals surface area contributed by atoms with E-state index < -0.39 is 0 Å². The summed E-state index contributed by atoms with van der Waals surface area (Å²) in [5, 5.41) is 0. The van der Waals surface area contributed by atoms with Crippen molar-refractivity contribution in [3.63, 3.8) is 0 Å². The summed E-state index contributed by atoms with van der Waals surface area (Å²) in [6, 6.07) is 3.09. The van der Waals surface area contributed by atoms with Crippen LogP contribution < -0.4 is 5.73 Å². The van der Waals surface area contributed by atoms with Gasteiger partial charge in [0, 0.05) is 12.2 Å². The normalized spacial score (nSPS) is 28.2. The van der Waals surface area contributed by atoms with Crippen LogP contribution in [0.3, 0.4) is 0 Å². The van der Waals surface area contributed by atoms with Crippen LogP contribution in [0.15, 0.2) is 18.3 Å². The van der Waals surface area contributed by atoms with Crippen molar-refractivity contribution in [3.8, 4) is 0 Å². The molecular formula is C10H9N3O2. The van der Waals surface area contributed by atoms with Crippen LogP contribution in [0.5, 0.6) is 0 Å². The fourth-order valence-corrected chi connectivity index (χ4v) is 1.88. The Morgan fingerprint density at radius 1 is 1.40 bits per heavy atom. The zero-order valence-corrected chi connectivity index (χ0v) is 7.88. The van der Waals surface area contributed by atoms with Crippen LogP contribution in [0.1, 0.15) is 27.3 Å². The van der Waals surface area contributed by atoms with Crippen LogP contribution in [0.25, 0.3) is 0 Å². The average Bonchev–Trinajstić information content (AvgIpc) is 2.89. The third kappa shape index (κ3) is 1.04. The highest BCUT2D eigenvalue weighted by Crippen LogP contribution is 2.32. The Bertz CT molecular complexity index is 436. The van der Waals surface area contributed by atoms with Gasteiger partial charge in [-0.25, -0.2) is 0 Å². The summed E-state index contributed by atoms with van der Waals surface area (Å²) < 4.78 is 0. The number of fused-ring (bicyclic) bond motifs is 1. The third-order valence-corrected chi connectivity index (χ3v) is 2.81. The van der Waals surface area contributed by atoms with Crippen molar-refractivity contribution in [1.29, 1.82) is 0 Å². The first-order chi connectivity index (χ1) is 7.20. The van der Waals surface area contributed by atoms with E-state index in [0.717, 1.165) is 0 Å². The number of amides is 2. The van der Waals surface area contributed by atoms with Crippen LogP contribution in [0.4, 0.5) is 0 Å². The van der Waals surface area contributed by atoms with Gasteiger partial charge in [-0.3, -0.25) is 19.5 Å². The van der Waals surface area contributed by atoms with Gasteiger partial charge < -0.3 is 5.73 Å². The molecule has 2 amide bonds. The second kappa shape index (κ2) is 2.64. The first-order valence-corrected chi connectivity index (χ1v) is 4.78. The van der Waals surface area contributed by atoms with Crippen LogP contribution in [-0.4, -0.2) is 33.8 Å². The summed E-state index contributed by atoms with van der Waals surface area (Å²) in [5.74, 6) is -0.574. The lowest BCUT2D eigenvalue weighted by Crippen LogP contribution is -2.35. The molecule has 0 aromatic carbocycles. The van der Waals surface area contributed by atoms with Gasteiger partial charge in [-0.2, -0.15) is 0 Å². The van der Waals surface area contributed by atoms with Gasteiger partial charge >= 0.3 is 0 Å². The van der Waals surface area contributed by atoms with Crippen molar-refractivity contribution in [1.82, 2.24) is 9.88 Å². The van der Waals surface area contributed by atoms with E-state index in [1.165, 1.54) is 11.1 Å². The van der Waals surface area contributed by atoms with Crippen LogP contribution in [-0.2, 0) is 0 Å². The van der Waals surface area contributed by atoms with Crippen molar-refractivity contribution >= 4 is 11.8 Å². The smallest absolute Gasteiger partial charge is 0.280 e. The molecule has 0 saturated heterocycles. The van der Waals surface area contributed by atoms with Crippen molar-refractivity contribution in [2.24, 2.45) is 5.73 Å². The van der Waals surface area contributed by atoms with Gasteiger partial charge in [0.05, 0.1) is 11.6 Å². The lowest BCUT2D eigenvalue weighted by molar-refractivity contribution is 0.0638. The number of nitrogens with zero attached hydrogens (tertiary/aromatic N) is 2. The third-order valence-electron chi connectivity index (χ3n) is 2.81. The molecule has 1 saturated carbocycles. The van der Waals surface area contributed by atoms with E-state index in [9.17, 15) is 9.59 Å².